The van der Waals surface area contributed by atoms with E-state index in [4.69, 9.17) is 4.52 Å². The van der Waals surface area contributed by atoms with Gasteiger partial charge in [-0.15, -0.1) is 0 Å². The summed E-state index contributed by atoms with van der Waals surface area (Å²) in [6.45, 7) is 3.12. The molecule has 1 aliphatic heterocycles. The number of fused-ring (bicyclic) bond motifs is 1. The maximum atomic E-state index is 12.5. The molecule has 6 nitrogen and oxygen atoms in total. The number of urea groups is 1. The lowest BCUT2D eigenvalue weighted by atomic mass is 10.0. The Morgan fingerprint density at radius 1 is 1.12 bits per heavy atom. The van der Waals surface area contributed by atoms with Gasteiger partial charge in [0.15, 0.2) is 0 Å². The van der Waals surface area contributed by atoms with E-state index in [9.17, 15) is 4.79 Å². The maximum Gasteiger partial charge on any atom is 0.322 e. The van der Waals surface area contributed by atoms with Crippen LogP contribution in [-0.2, 0) is 13.0 Å². The zero-order valence-corrected chi connectivity index (χ0v) is 13.9. The van der Waals surface area contributed by atoms with Crippen molar-refractivity contribution in [2.75, 3.05) is 11.9 Å². The number of hydrogen-bond acceptors (Lipinski definition) is 4. The summed E-state index contributed by atoms with van der Waals surface area (Å²) in [5, 5.41) is 6.84. The third kappa shape index (κ3) is 3.24. The molecule has 25 heavy (non-hydrogen) atoms. The second-order valence-electron chi connectivity index (χ2n) is 6.08. The highest BCUT2D eigenvalue weighted by Crippen LogP contribution is 2.21. The first kappa shape index (κ1) is 15.4. The number of nitrogens with one attached hydrogen (secondary N) is 1. The fourth-order valence-corrected chi connectivity index (χ4v) is 2.99. The fraction of sp³-hybridized carbons (Fsp3) is 0.211. The smallest absolute Gasteiger partial charge is 0.322 e. The maximum absolute atomic E-state index is 12.5. The molecule has 2 amide bonds. The summed E-state index contributed by atoms with van der Waals surface area (Å²) >= 11 is 0. The Kier molecular flexibility index (Phi) is 3.93. The molecule has 1 aromatic heterocycles. The fourth-order valence-electron chi connectivity index (χ4n) is 2.99. The van der Waals surface area contributed by atoms with Crippen molar-refractivity contribution in [2.45, 2.75) is 19.9 Å². The van der Waals surface area contributed by atoms with Crippen LogP contribution in [0.3, 0.4) is 0 Å². The van der Waals surface area contributed by atoms with Gasteiger partial charge in [0.2, 0.25) is 11.7 Å². The predicted octanol–water partition coefficient (Wildman–Crippen LogP) is 3.64. The molecule has 6 heteroatoms. The minimum absolute atomic E-state index is 0.0855. The number of rotatable bonds is 2. The van der Waals surface area contributed by atoms with Crippen molar-refractivity contribution in [3.63, 3.8) is 0 Å². The van der Waals surface area contributed by atoms with Crippen LogP contribution in [-0.4, -0.2) is 27.6 Å². The lowest BCUT2D eigenvalue weighted by Crippen LogP contribution is -2.38. The molecule has 1 N–H and O–H groups in total. The number of amides is 2. The van der Waals surface area contributed by atoms with Crippen molar-refractivity contribution in [2.24, 2.45) is 0 Å². The van der Waals surface area contributed by atoms with Crippen LogP contribution in [0.15, 0.2) is 53.1 Å². The number of hydrogen-bond donors (Lipinski definition) is 1. The minimum Gasteiger partial charge on any atom is -0.339 e. The summed E-state index contributed by atoms with van der Waals surface area (Å²) < 4.78 is 4.98. The third-order valence-electron chi connectivity index (χ3n) is 4.34. The van der Waals surface area contributed by atoms with Gasteiger partial charge in [0.1, 0.15) is 0 Å². The van der Waals surface area contributed by atoms with Crippen molar-refractivity contribution < 1.29 is 9.32 Å². The molecule has 0 aliphatic carbocycles. The summed E-state index contributed by atoms with van der Waals surface area (Å²) in [5.41, 5.74) is 4.13. The molecule has 126 valence electrons. The van der Waals surface area contributed by atoms with Crippen molar-refractivity contribution in [1.29, 1.82) is 0 Å². The zero-order chi connectivity index (χ0) is 17.2. The highest BCUT2D eigenvalue weighted by Gasteiger charge is 2.20. The molecular weight excluding hydrogens is 316 g/mol. The molecule has 2 heterocycles. The molecule has 0 bridgehead atoms. The first-order chi connectivity index (χ1) is 12.2. The van der Waals surface area contributed by atoms with Crippen LogP contribution in [0.5, 0.6) is 0 Å². The van der Waals surface area contributed by atoms with Crippen LogP contribution in [0.2, 0.25) is 0 Å². The molecule has 1 aliphatic rings. The highest BCUT2D eigenvalue weighted by atomic mass is 16.5. The molecule has 0 saturated carbocycles. The Morgan fingerprint density at radius 2 is 1.88 bits per heavy atom. The topological polar surface area (TPSA) is 71.3 Å². The first-order valence-corrected chi connectivity index (χ1v) is 8.22. The standard InChI is InChI=1S/C19H18N4O2/c1-13-20-18(22-25-13)15-6-8-17(9-7-15)21-19(24)23-11-10-14-4-2-3-5-16(14)12-23/h2-9H,10-12H2,1H3,(H,21,24). The van der Waals surface area contributed by atoms with E-state index < -0.39 is 0 Å². The van der Waals surface area contributed by atoms with Crippen molar-refractivity contribution in [3.8, 4) is 11.4 Å². The van der Waals surface area contributed by atoms with Crippen LogP contribution in [0, 0.1) is 6.92 Å². The Balaban J connectivity index is 1.43. The molecule has 0 saturated heterocycles. The summed E-state index contributed by atoms with van der Waals surface area (Å²) in [6.07, 6.45) is 0.889. The van der Waals surface area contributed by atoms with Crippen molar-refractivity contribution >= 4 is 11.7 Å². The van der Waals surface area contributed by atoms with E-state index in [0.29, 0.717) is 18.3 Å². The third-order valence-corrected chi connectivity index (χ3v) is 4.34. The molecule has 2 aromatic carbocycles. The highest BCUT2D eigenvalue weighted by molar-refractivity contribution is 5.89. The van der Waals surface area contributed by atoms with Gasteiger partial charge in [0, 0.05) is 31.3 Å². The van der Waals surface area contributed by atoms with Crippen molar-refractivity contribution in [3.05, 3.63) is 65.5 Å². The number of carbonyl (C=O) groups excluding carboxylic acids is 1. The summed E-state index contributed by atoms with van der Waals surface area (Å²) in [5.74, 6) is 1.07. The number of aromatic nitrogens is 2. The normalized spacial score (nSPS) is 13.4. The van der Waals surface area contributed by atoms with Gasteiger partial charge in [0.25, 0.3) is 0 Å². The van der Waals surface area contributed by atoms with Crippen molar-refractivity contribution in [1.82, 2.24) is 15.0 Å². The van der Waals surface area contributed by atoms with Gasteiger partial charge in [-0.2, -0.15) is 4.98 Å². The lowest BCUT2D eigenvalue weighted by molar-refractivity contribution is 0.206. The number of nitrogens with zero attached hydrogens (tertiary/aromatic N) is 3. The van der Waals surface area contributed by atoms with E-state index in [-0.39, 0.29) is 6.03 Å². The van der Waals surface area contributed by atoms with Gasteiger partial charge in [-0.1, -0.05) is 29.4 Å². The Hall–Kier alpha value is -3.15. The van der Waals surface area contributed by atoms with Gasteiger partial charge in [-0.05, 0) is 41.8 Å². The second-order valence-corrected chi connectivity index (χ2v) is 6.08. The van der Waals surface area contributed by atoms with E-state index in [0.717, 1.165) is 24.2 Å². The molecule has 0 atom stereocenters. The molecular formula is C19H18N4O2. The number of anilines is 1. The zero-order valence-electron chi connectivity index (χ0n) is 13.9. The van der Waals surface area contributed by atoms with Crippen LogP contribution in [0.4, 0.5) is 10.5 Å². The molecule has 3 aromatic rings. The number of carbonyl (C=O) groups is 1. The summed E-state index contributed by atoms with van der Waals surface area (Å²) in [7, 11) is 0. The predicted molar refractivity (Wildman–Crippen MR) is 94.0 cm³/mol. The van der Waals surface area contributed by atoms with Gasteiger partial charge in [-0.3, -0.25) is 0 Å². The van der Waals surface area contributed by atoms with E-state index in [1.165, 1.54) is 11.1 Å². The molecule has 0 radical (unpaired) electrons. The number of benzene rings is 2. The van der Waals surface area contributed by atoms with E-state index in [2.05, 4.69) is 27.6 Å². The average molecular weight is 334 g/mol. The molecule has 0 unspecified atom stereocenters. The van der Waals surface area contributed by atoms with Crippen LogP contribution < -0.4 is 5.32 Å². The van der Waals surface area contributed by atoms with E-state index in [1.807, 2.05) is 41.3 Å². The average Bonchev–Trinajstić information content (AvgIpc) is 3.08. The van der Waals surface area contributed by atoms with Gasteiger partial charge in [-0.25, -0.2) is 4.79 Å². The monoisotopic (exact) mass is 334 g/mol. The Bertz CT molecular complexity index is 902. The molecule has 0 fully saturated rings. The van der Waals surface area contributed by atoms with Crippen LogP contribution in [0.1, 0.15) is 17.0 Å². The first-order valence-electron chi connectivity index (χ1n) is 8.22. The van der Waals surface area contributed by atoms with Crippen LogP contribution in [0.25, 0.3) is 11.4 Å². The van der Waals surface area contributed by atoms with Gasteiger partial charge >= 0.3 is 6.03 Å². The van der Waals surface area contributed by atoms with Gasteiger partial charge < -0.3 is 14.7 Å². The van der Waals surface area contributed by atoms with Gasteiger partial charge in [0.05, 0.1) is 0 Å². The Labute approximate surface area is 145 Å². The second kappa shape index (κ2) is 6.39. The quantitative estimate of drug-likeness (QED) is 0.777. The lowest BCUT2D eigenvalue weighted by Gasteiger charge is -2.29. The molecule has 4 rings (SSSR count). The Morgan fingerprint density at radius 3 is 2.60 bits per heavy atom. The summed E-state index contributed by atoms with van der Waals surface area (Å²) in [4.78, 5) is 18.5. The number of aryl methyl sites for hydroxylation is 1. The minimum atomic E-state index is -0.0855. The van der Waals surface area contributed by atoms with E-state index in [1.54, 1.807) is 6.92 Å². The van der Waals surface area contributed by atoms with E-state index >= 15 is 0 Å². The van der Waals surface area contributed by atoms with Crippen LogP contribution >= 0.6 is 0 Å². The molecule has 0 spiro atoms. The SMILES string of the molecule is Cc1nc(-c2ccc(NC(=O)N3CCc4ccccc4C3)cc2)no1. The largest absolute Gasteiger partial charge is 0.339 e. The summed E-state index contributed by atoms with van der Waals surface area (Å²) in [6, 6.07) is 15.6.